The molecule has 0 aliphatic heterocycles. The van der Waals surface area contributed by atoms with Crippen molar-refractivity contribution >= 4 is 11.6 Å². The summed E-state index contributed by atoms with van der Waals surface area (Å²) in [6.45, 7) is 2.33. The van der Waals surface area contributed by atoms with Gasteiger partial charge < -0.3 is 10.2 Å². The minimum Gasteiger partial charge on any atom is -0.395 e. The summed E-state index contributed by atoms with van der Waals surface area (Å²) < 4.78 is 0. The van der Waals surface area contributed by atoms with Crippen molar-refractivity contribution in [1.82, 2.24) is 4.90 Å². The Bertz CT molecular complexity index is 540. The fourth-order valence-corrected chi connectivity index (χ4v) is 2.34. The van der Waals surface area contributed by atoms with Gasteiger partial charge in [0.1, 0.15) is 0 Å². The summed E-state index contributed by atoms with van der Waals surface area (Å²) in [5.41, 5.74) is 3.24. The van der Waals surface area contributed by atoms with Gasteiger partial charge in [-0.1, -0.05) is 48.0 Å². The Hall–Kier alpha value is -1.39. The number of rotatable bonds is 7. The van der Waals surface area contributed by atoms with Gasteiger partial charge in [0.25, 0.3) is 0 Å². The topological polar surface area (TPSA) is 43.7 Å². The molecule has 0 heterocycles. The van der Waals surface area contributed by atoms with Crippen molar-refractivity contribution in [3.05, 3.63) is 70.2 Å². The van der Waals surface area contributed by atoms with Crippen LogP contribution in [0.15, 0.2) is 48.5 Å². The zero-order valence-electron chi connectivity index (χ0n) is 11.9. The number of aliphatic hydroxyl groups is 2. The van der Waals surface area contributed by atoms with E-state index in [4.69, 9.17) is 16.7 Å². The number of aliphatic hydroxyl groups excluding tert-OH is 2. The van der Waals surface area contributed by atoms with Crippen molar-refractivity contribution in [3.63, 3.8) is 0 Å². The van der Waals surface area contributed by atoms with Gasteiger partial charge in [-0.15, -0.1) is 0 Å². The molecule has 0 aliphatic carbocycles. The Morgan fingerprint density at radius 1 is 0.762 bits per heavy atom. The van der Waals surface area contributed by atoms with E-state index in [1.807, 2.05) is 48.5 Å². The van der Waals surface area contributed by atoms with Crippen molar-refractivity contribution in [2.24, 2.45) is 0 Å². The van der Waals surface area contributed by atoms with E-state index in [9.17, 15) is 5.11 Å². The van der Waals surface area contributed by atoms with Gasteiger partial charge in [-0.3, -0.25) is 4.90 Å². The van der Waals surface area contributed by atoms with Gasteiger partial charge in [0.05, 0.1) is 13.2 Å². The largest absolute Gasteiger partial charge is 0.395 e. The molecule has 112 valence electrons. The fourth-order valence-electron chi connectivity index (χ4n) is 2.21. The lowest BCUT2D eigenvalue weighted by atomic mass is 10.1. The molecule has 0 aliphatic rings. The van der Waals surface area contributed by atoms with Gasteiger partial charge >= 0.3 is 0 Å². The van der Waals surface area contributed by atoms with E-state index < -0.39 is 0 Å². The van der Waals surface area contributed by atoms with Crippen molar-refractivity contribution in [3.8, 4) is 0 Å². The first kappa shape index (κ1) is 16.0. The first-order valence-corrected chi connectivity index (χ1v) is 7.35. The predicted octanol–water partition coefficient (Wildman–Crippen LogP) is 2.83. The van der Waals surface area contributed by atoms with Crippen LogP contribution >= 0.6 is 11.6 Å². The van der Waals surface area contributed by atoms with Crippen LogP contribution in [0, 0.1) is 0 Å². The Balaban J connectivity index is 2.02. The summed E-state index contributed by atoms with van der Waals surface area (Å²) in [6.07, 6.45) is 0. The van der Waals surface area contributed by atoms with Crippen LogP contribution in [0.1, 0.15) is 16.7 Å². The molecule has 3 nitrogen and oxygen atoms in total. The maximum absolute atomic E-state index is 9.22. The lowest BCUT2D eigenvalue weighted by Gasteiger charge is -2.21. The molecule has 0 saturated carbocycles. The van der Waals surface area contributed by atoms with Gasteiger partial charge in [-0.2, -0.15) is 0 Å². The van der Waals surface area contributed by atoms with Gasteiger partial charge in [0, 0.05) is 24.7 Å². The molecule has 0 atom stereocenters. The first-order chi connectivity index (χ1) is 10.2. The second kappa shape index (κ2) is 8.15. The monoisotopic (exact) mass is 305 g/mol. The smallest absolute Gasteiger partial charge is 0.0681 e. The van der Waals surface area contributed by atoms with Crippen LogP contribution in [0.25, 0.3) is 0 Å². The van der Waals surface area contributed by atoms with E-state index in [0.29, 0.717) is 6.54 Å². The highest BCUT2D eigenvalue weighted by atomic mass is 35.5. The van der Waals surface area contributed by atoms with Gasteiger partial charge in [-0.05, 0) is 28.8 Å². The molecule has 0 radical (unpaired) electrons. The van der Waals surface area contributed by atoms with Crippen LogP contribution < -0.4 is 0 Å². The second-order valence-electron chi connectivity index (χ2n) is 5.04. The molecule has 21 heavy (non-hydrogen) atoms. The lowest BCUT2D eigenvalue weighted by Crippen LogP contribution is -2.26. The number of hydrogen-bond acceptors (Lipinski definition) is 3. The average molecular weight is 306 g/mol. The van der Waals surface area contributed by atoms with Crippen LogP contribution in [0.3, 0.4) is 0 Å². The van der Waals surface area contributed by atoms with Crippen molar-refractivity contribution < 1.29 is 10.2 Å². The van der Waals surface area contributed by atoms with E-state index >= 15 is 0 Å². The van der Waals surface area contributed by atoms with Crippen LogP contribution in [0.4, 0.5) is 0 Å². The van der Waals surface area contributed by atoms with Crippen molar-refractivity contribution in [2.45, 2.75) is 19.7 Å². The lowest BCUT2D eigenvalue weighted by molar-refractivity contribution is 0.184. The van der Waals surface area contributed by atoms with Crippen molar-refractivity contribution in [1.29, 1.82) is 0 Å². The third kappa shape index (κ3) is 5.14. The Kier molecular flexibility index (Phi) is 6.21. The average Bonchev–Trinajstić information content (AvgIpc) is 2.50. The molecular weight excluding hydrogens is 286 g/mol. The predicted molar refractivity (Wildman–Crippen MR) is 85.0 cm³/mol. The van der Waals surface area contributed by atoms with E-state index in [-0.39, 0.29) is 13.2 Å². The highest BCUT2D eigenvalue weighted by Crippen LogP contribution is 2.14. The molecule has 2 aromatic carbocycles. The maximum atomic E-state index is 9.22. The zero-order valence-corrected chi connectivity index (χ0v) is 12.6. The third-order valence-corrected chi connectivity index (χ3v) is 3.60. The highest BCUT2D eigenvalue weighted by Gasteiger charge is 2.07. The number of nitrogens with zero attached hydrogens (tertiary/aromatic N) is 1. The van der Waals surface area contributed by atoms with Crippen LogP contribution in [-0.2, 0) is 19.7 Å². The first-order valence-electron chi connectivity index (χ1n) is 6.97. The number of hydrogen-bond donors (Lipinski definition) is 2. The van der Waals surface area contributed by atoms with E-state index in [1.54, 1.807) is 0 Å². The number of benzene rings is 2. The molecule has 0 amide bonds. The quantitative estimate of drug-likeness (QED) is 0.827. The van der Waals surface area contributed by atoms with Crippen LogP contribution in [0.5, 0.6) is 0 Å². The van der Waals surface area contributed by atoms with E-state index in [2.05, 4.69) is 4.90 Å². The third-order valence-electron chi connectivity index (χ3n) is 3.35. The summed E-state index contributed by atoms with van der Waals surface area (Å²) in [6, 6.07) is 15.6. The molecule has 4 heteroatoms. The molecular formula is C17H20ClNO2. The molecule has 2 aromatic rings. The van der Waals surface area contributed by atoms with Crippen LogP contribution in [0.2, 0.25) is 5.02 Å². The van der Waals surface area contributed by atoms with E-state index in [0.717, 1.165) is 29.2 Å². The molecule has 0 fully saturated rings. The summed E-state index contributed by atoms with van der Waals surface area (Å²) in [5, 5.41) is 19.0. The molecule has 0 unspecified atom stereocenters. The highest BCUT2D eigenvalue weighted by molar-refractivity contribution is 6.30. The summed E-state index contributed by atoms with van der Waals surface area (Å²) in [7, 11) is 0. The SMILES string of the molecule is OCCN(Cc1ccc(Cl)cc1)Cc1ccc(CO)cc1. The second-order valence-corrected chi connectivity index (χ2v) is 5.47. The maximum Gasteiger partial charge on any atom is 0.0681 e. The molecule has 2 rings (SSSR count). The van der Waals surface area contributed by atoms with Gasteiger partial charge in [0.2, 0.25) is 0 Å². The molecule has 2 N–H and O–H groups in total. The number of halogens is 1. The normalized spacial score (nSPS) is 11.0. The Morgan fingerprint density at radius 3 is 1.71 bits per heavy atom. The minimum atomic E-state index is 0.0609. The summed E-state index contributed by atoms with van der Waals surface area (Å²) in [5.74, 6) is 0. The standard InChI is InChI=1S/C17H20ClNO2/c18-17-7-5-15(6-8-17)12-19(9-10-20)11-14-1-3-16(13-21)4-2-14/h1-8,20-21H,9-13H2. The van der Waals surface area contributed by atoms with E-state index in [1.165, 1.54) is 5.56 Å². The van der Waals surface area contributed by atoms with Crippen molar-refractivity contribution in [2.75, 3.05) is 13.2 Å². The zero-order chi connectivity index (χ0) is 15.1. The Morgan fingerprint density at radius 2 is 1.24 bits per heavy atom. The minimum absolute atomic E-state index is 0.0609. The molecule has 0 bridgehead atoms. The Labute approximate surface area is 130 Å². The van der Waals surface area contributed by atoms with Gasteiger partial charge in [-0.25, -0.2) is 0 Å². The summed E-state index contributed by atoms with van der Waals surface area (Å²) in [4.78, 5) is 2.18. The summed E-state index contributed by atoms with van der Waals surface area (Å²) >= 11 is 5.89. The molecule has 0 aromatic heterocycles. The fraction of sp³-hybridized carbons (Fsp3) is 0.294. The van der Waals surface area contributed by atoms with Crippen LogP contribution in [-0.4, -0.2) is 28.3 Å². The molecule has 0 spiro atoms. The molecule has 0 saturated heterocycles. The van der Waals surface area contributed by atoms with Gasteiger partial charge in [0.15, 0.2) is 0 Å².